The van der Waals surface area contributed by atoms with Crippen molar-refractivity contribution in [3.63, 3.8) is 0 Å². The molecule has 2 amide bonds. The zero-order valence-electron chi connectivity index (χ0n) is 14.0. The van der Waals surface area contributed by atoms with Crippen LogP contribution < -0.4 is 10.6 Å². The Kier molecular flexibility index (Phi) is 5.07. The largest absolute Gasteiger partial charge is 0.324 e. The number of carbonyl (C=O) groups excluding carboxylic acids is 2. The molecule has 1 aromatic heterocycles. The van der Waals surface area contributed by atoms with E-state index in [0.29, 0.717) is 11.4 Å². The van der Waals surface area contributed by atoms with E-state index in [1.54, 1.807) is 60.4 Å². The first-order valence-electron chi connectivity index (χ1n) is 8.00. The summed E-state index contributed by atoms with van der Waals surface area (Å²) < 4.78 is 15.2. The summed E-state index contributed by atoms with van der Waals surface area (Å²) in [5.41, 5.74) is 0.914. The van der Waals surface area contributed by atoms with Crippen LogP contribution in [0, 0.1) is 5.82 Å². The SMILES string of the molecule is CC(C(=O)Nc1cccc(NC(=O)c2ccccc2F)c1)n1cccn1. The van der Waals surface area contributed by atoms with Crippen molar-refractivity contribution in [2.45, 2.75) is 13.0 Å². The standard InChI is InChI=1S/C19H17FN4O2/c1-13(24-11-5-10-21-24)18(25)22-14-6-4-7-15(12-14)23-19(26)16-8-2-3-9-17(16)20/h2-13H,1H3,(H,22,25)(H,23,26). The van der Waals surface area contributed by atoms with Crippen molar-refractivity contribution < 1.29 is 14.0 Å². The molecule has 2 aromatic carbocycles. The zero-order chi connectivity index (χ0) is 18.5. The number of amides is 2. The number of halogens is 1. The van der Waals surface area contributed by atoms with Crippen molar-refractivity contribution in [2.24, 2.45) is 0 Å². The van der Waals surface area contributed by atoms with Crippen LogP contribution in [-0.2, 0) is 4.79 Å². The lowest BCUT2D eigenvalue weighted by molar-refractivity contribution is -0.119. The molecule has 3 rings (SSSR count). The Labute approximate surface area is 149 Å². The summed E-state index contributed by atoms with van der Waals surface area (Å²) in [5.74, 6) is -1.40. The molecule has 0 fully saturated rings. The van der Waals surface area contributed by atoms with E-state index in [4.69, 9.17) is 0 Å². The Morgan fingerprint density at radius 3 is 2.46 bits per heavy atom. The lowest BCUT2D eigenvalue weighted by Gasteiger charge is -2.13. The number of aromatic nitrogens is 2. The molecule has 0 bridgehead atoms. The highest BCUT2D eigenvalue weighted by atomic mass is 19.1. The average molecular weight is 352 g/mol. The third kappa shape index (κ3) is 3.94. The maximum absolute atomic E-state index is 13.7. The molecule has 7 heteroatoms. The number of anilines is 2. The summed E-state index contributed by atoms with van der Waals surface area (Å²) in [5, 5.41) is 9.43. The molecule has 0 aliphatic rings. The molecule has 0 spiro atoms. The van der Waals surface area contributed by atoms with E-state index in [0.717, 1.165) is 0 Å². The predicted molar refractivity (Wildman–Crippen MR) is 96.4 cm³/mol. The van der Waals surface area contributed by atoms with E-state index >= 15 is 0 Å². The summed E-state index contributed by atoms with van der Waals surface area (Å²) >= 11 is 0. The van der Waals surface area contributed by atoms with E-state index in [1.807, 2.05) is 0 Å². The molecule has 26 heavy (non-hydrogen) atoms. The third-order valence-electron chi connectivity index (χ3n) is 3.81. The van der Waals surface area contributed by atoms with Crippen LogP contribution in [0.5, 0.6) is 0 Å². The Bertz CT molecular complexity index is 925. The summed E-state index contributed by atoms with van der Waals surface area (Å²) in [7, 11) is 0. The molecule has 0 aliphatic carbocycles. The molecule has 6 nitrogen and oxygen atoms in total. The molecule has 0 radical (unpaired) electrons. The number of hydrogen-bond donors (Lipinski definition) is 2. The molecule has 1 atom stereocenters. The second kappa shape index (κ2) is 7.60. The normalized spacial score (nSPS) is 11.6. The third-order valence-corrected chi connectivity index (χ3v) is 3.81. The van der Waals surface area contributed by atoms with Crippen molar-refractivity contribution in [1.82, 2.24) is 9.78 Å². The van der Waals surface area contributed by atoms with Crippen LogP contribution in [0.1, 0.15) is 23.3 Å². The molecule has 0 saturated heterocycles. The van der Waals surface area contributed by atoms with Crippen LogP contribution in [0.15, 0.2) is 67.0 Å². The van der Waals surface area contributed by atoms with Crippen LogP contribution in [-0.4, -0.2) is 21.6 Å². The van der Waals surface area contributed by atoms with Gasteiger partial charge in [0.1, 0.15) is 11.9 Å². The van der Waals surface area contributed by atoms with E-state index in [1.165, 1.54) is 18.2 Å². The summed E-state index contributed by atoms with van der Waals surface area (Å²) in [6, 6.07) is 13.6. The maximum Gasteiger partial charge on any atom is 0.258 e. The van der Waals surface area contributed by atoms with Gasteiger partial charge in [0.25, 0.3) is 5.91 Å². The predicted octanol–water partition coefficient (Wildman–Crippen LogP) is 3.47. The first-order valence-corrected chi connectivity index (χ1v) is 8.00. The minimum absolute atomic E-state index is 0.0470. The molecular formula is C19H17FN4O2. The molecular weight excluding hydrogens is 335 g/mol. The van der Waals surface area contributed by atoms with Crippen LogP contribution in [0.4, 0.5) is 15.8 Å². The van der Waals surface area contributed by atoms with Gasteiger partial charge < -0.3 is 10.6 Å². The highest BCUT2D eigenvalue weighted by Gasteiger charge is 2.16. The van der Waals surface area contributed by atoms with Gasteiger partial charge in [-0.2, -0.15) is 5.10 Å². The van der Waals surface area contributed by atoms with E-state index in [9.17, 15) is 14.0 Å². The summed E-state index contributed by atoms with van der Waals surface area (Å²) in [6.07, 6.45) is 3.30. The minimum Gasteiger partial charge on any atom is -0.324 e. The second-order valence-corrected chi connectivity index (χ2v) is 5.67. The van der Waals surface area contributed by atoms with E-state index in [2.05, 4.69) is 15.7 Å². The quantitative estimate of drug-likeness (QED) is 0.738. The molecule has 1 heterocycles. The number of benzene rings is 2. The van der Waals surface area contributed by atoms with Crippen LogP contribution in [0.25, 0.3) is 0 Å². The summed E-state index contributed by atoms with van der Waals surface area (Å²) in [4.78, 5) is 24.5. The van der Waals surface area contributed by atoms with Gasteiger partial charge in [-0.25, -0.2) is 4.39 Å². The minimum atomic E-state index is -0.595. The number of hydrogen-bond acceptors (Lipinski definition) is 3. The zero-order valence-corrected chi connectivity index (χ0v) is 14.0. The van der Waals surface area contributed by atoms with Crippen LogP contribution in [0.3, 0.4) is 0 Å². The number of nitrogens with zero attached hydrogens (tertiary/aromatic N) is 2. The number of carbonyl (C=O) groups is 2. The van der Waals surface area contributed by atoms with Gasteiger partial charge >= 0.3 is 0 Å². The van der Waals surface area contributed by atoms with E-state index < -0.39 is 17.8 Å². The van der Waals surface area contributed by atoms with Gasteiger partial charge in [0.15, 0.2) is 0 Å². The van der Waals surface area contributed by atoms with Gasteiger partial charge in [0.05, 0.1) is 5.56 Å². The Morgan fingerprint density at radius 2 is 1.77 bits per heavy atom. The fourth-order valence-corrected chi connectivity index (χ4v) is 2.40. The first kappa shape index (κ1) is 17.3. The molecule has 132 valence electrons. The highest BCUT2D eigenvalue weighted by molar-refractivity contribution is 6.05. The van der Waals surface area contributed by atoms with Crippen molar-refractivity contribution in [3.8, 4) is 0 Å². The highest BCUT2D eigenvalue weighted by Crippen LogP contribution is 2.18. The fourth-order valence-electron chi connectivity index (χ4n) is 2.40. The smallest absolute Gasteiger partial charge is 0.258 e. The Morgan fingerprint density at radius 1 is 1.04 bits per heavy atom. The van der Waals surface area contributed by atoms with Crippen LogP contribution in [0.2, 0.25) is 0 Å². The van der Waals surface area contributed by atoms with E-state index in [-0.39, 0.29) is 11.5 Å². The molecule has 0 saturated carbocycles. The van der Waals surface area contributed by atoms with Gasteiger partial charge in [0.2, 0.25) is 5.91 Å². The second-order valence-electron chi connectivity index (χ2n) is 5.67. The molecule has 3 aromatic rings. The number of rotatable bonds is 5. The van der Waals surface area contributed by atoms with Gasteiger partial charge in [-0.3, -0.25) is 14.3 Å². The van der Waals surface area contributed by atoms with Crippen molar-refractivity contribution in [1.29, 1.82) is 0 Å². The van der Waals surface area contributed by atoms with Gasteiger partial charge in [0, 0.05) is 23.8 Å². The summed E-state index contributed by atoms with van der Waals surface area (Å²) in [6.45, 7) is 1.73. The van der Waals surface area contributed by atoms with Gasteiger partial charge in [-0.15, -0.1) is 0 Å². The fraction of sp³-hybridized carbons (Fsp3) is 0.105. The molecule has 2 N–H and O–H groups in total. The maximum atomic E-state index is 13.7. The topological polar surface area (TPSA) is 76.0 Å². The number of nitrogens with one attached hydrogen (secondary N) is 2. The monoisotopic (exact) mass is 352 g/mol. The Hall–Kier alpha value is -3.48. The van der Waals surface area contributed by atoms with Crippen molar-refractivity contribution in [2.75, 3.05) is 10.6 Å². The van der Waals surface area contributed by atoms with Crippen molar-refractivity contribution in [3.05, 3.63) is 78.4 Å². The van der Waals surface area contributed by atoms with Crippen molar-refractivity contribution >= 4 is 23.2 Å². The van der Waals surface area contributed by atoms with Gasteiger partial charge in [-0.1, -0.05) is 18.2 Å². The lowest BCUT2D eigenvalue weighted by Crippen LogP contribution is -2.24. The lowest BCUT2D eigenvalue weighted by atomic mass is 10.2. The molecule has 0 aliphatic heterocycles. The van der Waals surface area contributed by atoms with Crippen LogP contribution >= 0.6 is 0 Å². The molecule has 1 unspecified atom stereocenters. The first-order chi connectivity index (χ1) is 12.5. The van der Waals surface area contributed by atoms with Gasteiger partial charge in [-0.05, 0) is 43.3 Å². The average Bonchev–Trinajstić information content (AvgIpc) is 3.16. The Balaban J connectivity index is 1.69.